The van der Waals surface area contributed by atoms with Crippen LogP contribution in [0.5, 0.6) is 5.75 Å². The summed E-state index contributed by atoms with van der Waals surface area (Å²) >= 11 is 0. The van der Waals surface area contributed by atoms with E-state index in [4.69, 9.17) is 4.74 Å². The molecule has 0 aromatic heterocycles. The smallest absolute Gasteiger partial charge is 0.227 e. The molecule has 1 unspecified atom stereocenters. The molecule has 23 heavy (non-hydrogen) atoms. The molecule has 3 rings (SSSR count). The van der Waals surface area contributed by atoms with E-state index >= 15 is 0 Å². The van der Waals surface area contributed by atoms with Crippen molar-refractivity contribution in [2.24, 2.45) is 5.41 Å². The lowest BCUT2D eigenvalue weighted by molar-refractivity contribution is -0.130. The number of ketones is 1. The molecule has 122 valence electrons. The molecule has 1 aliphatic heterocycles. The van der Waals surface area contributed by atoms with Gasteiger partial charge in [-0.2, -0.15) is 0 Å². The van der Waals surface area contributed by atoms with E-state index in [0.717, 1.165) is 29.0 Å². The van der Waals surface area contributed by atoms with Crippen LogP contribution in [0.1, 0.15) is 44.6 Å². The van der Waals surface area contributed by atoms with Crippen molar-refractivity contribution >= 4 is 11.7 Å². The molecule has 4 nitrogen and oxygen atoms in total. The average molecular weight is 313 g/mol. The molecular weight excluding hydrogens is 290 g/mol. The normalized spacial score (nSPS) is 23.8. The zero-order chi connectivity index (χ0) is 16.8. The molecule has 1 amide bonds. The van der Waals surface area contributed by atoms with Gasteiger partial charge in [0.25, 0.3) is 0 Å². The van der Waals surface area contributed by atoms with Crippen molar-refractivity contribution in [1.82, 2.24) is 4.90 Å². The Kier molecular flexibility index (Phi) is 3.78. The van der Waals surface area contributed by atoms with Gasteiger partial charge in [0, 0.05) is 42.6 Å². The number of para-hydroxylation sites is 1. The number of methoxy groups -OCH3 is 1. The highest BCUT2D eigenvalue weighted by molar-refractivity contribution is 6.02. The lowest BCUT2D eigenvalue weighted by Crippen LogP contribution is -2.41. The highest BCUT2D eigenvalue weighted by Gasteiger charge is 2.43. The van der Waals surface area contributed by atoms with Gasteiger partial charge in [0.1, 0.15) is 5.75 Å². The van der Waals surface area contributed by atoms with Crippen molar-refractivity contribution in [3.8, 4) is 5.75 Å². The summed E-state index contributed by atoms with van der Waals surface area (Å²) < 4.78 is 5.46. The maximum atomic E-state index is 12.8. The number of ether oxygens (including phenoxy) is 1. The van der Waals surface area contributed by atoms with Crippen LogP contribution in [0.2, 0.25) is 0 Å². The van der Waals surface area contributed by atoms with Gasteiger partial charge in [0.2, 0.25) is 5.91 Å². The highest BCUT2D eigenvalue weighted by atomic mass is 16.5. The van der Waals surface area contributed by atoms with E-state index in [1.54, 1.807) is 19.1 Å². The third-order valence-electron chi connectivity index (χ3n) is 4.92. The molecule has 0 N–H and O–H groups in total. The number of benzene rings is 1. The molecule has 1 heterocycles. The van der Waals surface area contributed by atoms with Crippen molar-refractivity contribution < 1.29 is 14.3 Å². The number of amides is 1. The van der Waals surface area contributed by atoms with E-state index in [0.29, 0.717) is 12.8 Å². The van der Waals surface area contributed by atoms with Crippen LogP contribution < -0.4 is 4.74 Å². The third kappa shape index (κ3) is 2.67. The maximum Gasteiger partial charge on any atom is 0.227 e. The van der Waals surface area contributed by atoms with Crippen LogP contribution in [0.25, 0.3) is 0 Å². The number of hydrogen-bond donors (Lipinski definition) is 0. The lowest BCUT2D eigenvalue weighted by Gasteiger charge is -2.41. The molecule has 1 aromatic carbocycles. The van der Waals surface area contributed by atoms with Gasteiger partial charge >= 0.3 is 0 Å². The van der Waals surface area contributed by atoms with Crippen LogP contribution >= 0.6 is 0 Å². The molecule has 0 bridgehead atoms. The Hall–Kier alpha value is -2.10. The van der Waals surface area contributed by atoms with Gasteiger partial charge < -0.3 is 9.64 Å². The topological polar surface area (TPSA) is 46.6 Å². The summed E-state index contributed by atoms with van der Waals surface area (Å²) in [7, 11) is 3.40. The largest absolute Gasteiger partial charge is 0.496 e. The fourth-order valence-electron chi connectivity index (χ4n) is 3.78. The van der Waals surface area contributed by atoms with Crippen LogP contribution in [-0.2, 0) is 9.59 Å². The summed E-state index contributed by atoms with van der Waals surface area (Å²) in [6.45, 7) is 4.17. The van der Waals surface area contributed by atoms with Crippen LogP contribution in [0, 0.1) is 5.41 Å². The minimum absolute atomic E-state index is 0.0603. The van der Waals surface area contributed by atoms with Gasteiger partial charge in [-0.25, -0.2) is 0 Å². The van der Waals surface area contributed by atoms with Crippen LogP contribution in [0.15, 0.2) is 35.5 Å². The third-order valence-corrected chi connectivity index (χ3v) is 4.92. The lowest BCUT2D eigenvalue weighted by atomic mass is 9.69. The second kappa shape index (κ2) is 5.52. The van der Waals surface area contributed by atoms with E-state index in [9.17, 15) is 9.59 Å². The van der Waals surface area contributed by atoms with Crippen molar-refractivity contribution in [3.05, 3.63) is 41.1 Å². The number of nitrogens with zero attached hydrogens (tertiary/aromatic N) is 1. The molecule has 1 aromatic rings. The summed E-state index contributed by atoms with van der Waals surface area (Å²) in [5.74, 6) is 0.754. The fraction of sp³-hybridized carbons (Fsp3) is 0.474. The molecule has 2 aliphatic rings. The summed E-state index contributed by atoms with van der Waals surface area (Å²) in [5.41, 5.74) is 2.51. The minimum atomic E-state index is -0.201. The number of allylic oxidation sites excluding steroid dienone is 2. The standard InChI is InChI=1S/C19H23NO3/c1-19(2)10-14-18(15(21)11-19)13(9-17(22)20(14)3)12-7-5-6-8-16(12)23-4/h5-8,13H,9-11H2,1-4H3. The molecule has 0 saturated carbocycles. The molecule has 1 atom stereocenters. The van der Waals surface area contributed by atoms with Crippen molar-refractivity contribution in [1.29, 1.82) is 0 Å². The van der Waals surface area contributed by atoms with E-state index in [1.165, 1.54) is 0 Å². The Labute approximate surface area is 137 Å². The van der Waals surface area contributed by atoms with Crippen molar-refractivity contribution in [3.63, 3.8) is 0 Å². The van der Waals surface area contributed by atoms with E-state index < -0.39 is 0 Å². The van der Waals surface area contributed by atoms with E-state index in [-0.39, 0.29) is 23.0 Å². The van der Waals surface area contributed by atoms with Gasteiger partial charge in [-0.1, -0.05) is 32.0 Å². The van der Waals surface area contributed by atoms with Gasteiger partial charge in [-0.15, -0.1) is 0 Å². The summed E-state index contributed by atoms with van der Waals surface area (Å²) in [6.07, 6.45) is 1.60. The number of Topliss-reactive ketones (excluding diaryl/α,β-unsaturated/α-hetero) is 1. The molecule has 0 spiro atoms. The molecule has 0 saturated heterocycles. The fourth-order valence-corrected chi connectivity index (χ4v) is 3.78. The number of hydrogen-bond acceptors (Lipinski definition) is 3. The number of carbonyl (C=O) groups is 2. The molecule has 0 radical (unpaired) electrons. The second-order valence-electron chi connectivity index (χ2n) is 7.25. The summed E-state index contributed by atoms with van der Waals surface area (Å²) in [4.78, 5) is 27.0. The average Bonchev–Trinajstić information content (AvgIpc) is 2.50. The maximum absolute atomic E-state index is 12.8. The van der Waals surface area contributed by atoms with Crippen LogP contribution in [0.4, 0.5) is 0 Å². The summed E-state index contributed by atoms with van der Waals surface area (Å²) in [6, 6.07) is 7.67. The Morgan fingerprint density at radius 3 is 2.57 bits per heavy atom. The number of carbonyl (C=O) groups excluding carboxylic acids is 2. The Morgan fingerprint density at radius 2 is 1.87 bits per heavy atom. The Balaban J connectivity index is 2.16. The number of rotatable bonds is 2. The molecule has 1 aliphatic carbocycles. The molecular formula is C19H23NO3. The summed E-state index contributed by atoms with van der Waals surface area (Å²) in [5, 5.41) is 0. The zero-order valence-electron chi connectivity index (χ0n) is 14.2. The first-order valence-electron chi connectivity index (χ1n) is 8.00. The monoisotopic (exact) mass is 313 g/mol. The first-order chi connectivity index (χ1) is 10.8. The van der Waals surface area contributed by atoms with Gasteiger partial charge in [-0.3, -0.25) is 9.59 Å². The van der Waals surface area contributed by atoms with Gasteiger partial charge in [0.15, 0.2) is 5.78 Å². The first kappa shape index (κ1) is 15.8. The Bertz CT molecular complexity index is 702. The minimum Gasteiger partial charge on any atom is -0.496 e. The predicted molar refractivity (Wildman–Crippen MR) is 88.2 cm³/mol. The van der Waals surface area contributed by atoms with Crippen LogP contribution in [-0.4, -0.2) is 30.7 Å². The van der Waals surface area contributed by atoms with Gasteiger partial charge in [0.05, 0.1) is 7.11 Å². The van der Waals surface area contributed by atoms with E-state index in [2.05, 4.69) is 13.8 Å². The predicted octanol–water partition coefficient (Wildman–Crippen LogP) is 3.28. The van der Waals surface area contributed by atoms with Crippen LogP contribution in [0.3, 0.4) is 0 Å². The second-order valence-corrected chi connectivity index (χ2v) is 7.25. The molecule has 4 heteroatoms. The highest BCUT2D eigenvalue weighted by Crippen LogP contribution is 2.47. The Morgan fingerprint density at radius 1 is 1.17 bits per heavy atom. The SMILES string of the molecule is COc1ccccc1C1CC(=O)N(C)C2=C1C(=O)CC(C)(C)C2. The molecule has 0 fully saturated rings. The van der Waals surface area contributed by atoms with Crippen molar-refractivity contribution in [2.45, 2.75) is 39.0 Å². The van der Waals surface area contributed by atoms with Gasteiger partial charge in [-0.05, 0) is 17.9 Å². The van der Waals surface area contributed by atoms with E-state index in [1.807, 2.05) is 24.3 Å². The quantitative estimate of drug-likeness (QED) is 0.842. The zero-order valence-corrected chi connectivity index (χ0v) is 14.2. The van der Waals surface area contributed by atoms with Crippen molar-refractivity contribution in [2.75, 3.05) is 14.2 Å². The first-order valence-corrected chi connectivity index (χ1v) is 8.00.